The molecule has 0 saturated carbocycles. The lowest BCUT2D eigenvalue weighted by Crippen LogP contribution is -2.26. The highest BCUT2D eigenvalue weighted by molar-refractivity contribution is 7.18. The van der Waals surface area contributed by atoms with Gasteiger partial charge in [0, 0.05) is 13.0 Å². The Morgan fingerprint density at radius 2 is 2.09 bits per heavy atom. The summed E-state index contributed by atoms with van der Waals surface area (Å²) in [5.74, 6) is -1.34. The minimum absolute atomic E-state index is 0.141. The van der Waals surface area contributed by atoms with Crippen molar-refractivity contribution in [3.8, 4) is 5.75 Å². The van der Waals surface area contributed by atoms with Crippen LogP contribution in [0.5, 0.6) is 5.75 Å². The largest absolute Gasteiger partial charge is 0.508 e. The highest BCUT2D eigenvalue weighted by atomic mass is 32.1. The number of fused-ring (bicyclic) bond motifs is 1. The molecule has 0 bridgehead atoms. The summed E-state index contributed by atoms with van der Waals surface area (Å²) in [6.45, 7) is 0.355. The minimum Gasteiger partial charge on any atom is -0.508 e. The molecule has 0 spiro atoms. The zero-order valence-electron chi connectivity index (χ0n) is 11.5. The molecule has 1 aromatic heterocycles. The van der Waals surface area contributed by atoms with Crippen molar-refractivity contribution in [1.82, 2.24) is 10.3 Å². The highest BCUT2D eigenvalue weighted by Gasteiger charge is 2.12. The molecule has 0 radical (unpaired) electrons. The van der Waals surface area contributed by atoms with Crippen molar-refractivity contribution in [1.29, 1.82) is 0 Å². The Labute approximate surface area is 130 Å². The predicted molar refractivity (Wildman–Crippen MR) is 83.7 cm³/mol. The van der Waals surface area contributed by atoms with Crippen LogP contribution >= 0.6 is 11.3 Å². The average molecular weight is 316 g/mol. The second-order valence-corrected chi connectivity index (χ2v) is 5.86. The summed E-state index contributed by atoms with van der Waals surface area (Å²) in [5, 5.41) is 12.9. The van der Waals surface area contributed by atoms with Crippen molar-refractivity contribution in [2.45, 2.75) is 6.42 Å². The fraction of sp³-hybridized carbons (Fsp3) is 0.125. The number of para-hydroxylation sites is 1. The summed E-state index contributed by atoms with van der Waals surface area (Å²) in [5.41, 5.74) is 0.775. The molecule has 1 amide bonds. The third kappa shape index (κ3) is 3.07. The van der Waals surface area contributed by atoms with Gasteiger partial charge < -0.3 is 10.4 Å². The highest BCUT2D eigenvalue weighted by Crippen LogP contribution is 2.21. The van der Waals surface area contributed by atoms with E-state index in [1.165, 1.54) is 6.07 Å². The lowest BCUT2D eigenvalue weighted by molar-refractivity contribution is 0.0949. The van der Waals surface area contributed by atoms with Gasteiger partial charge in [-0.1, -0.05) is 12.1 Å². The third-order valence-corrected chi connectivity index (χ3v) is 4.25. The zero-order chi connectivity index (χ0) is 15.5. The number of aromatic hydroxyl groups is 1. The first-order valence-corrected chi connectivity index (χ1v) is 7.56. The van der Waals surface area contributed by atoms with E-state index in [0.29, 0.717) is 13.0 Å². The van der Waals surface area contributed by atoms with Crippen LogP contribution in [0.3, 0.4) is 0 Å². The Morgan fingerprint density at radius 3 is 2.91 bits per heavy atom. The van der Waals surface area contributed by atoms with Gasteiger partial charge in [0.05, 0.1) is 20.8 Å². The van der Waals surface area contributed by atoms with Gasteiger partial charge in [-0.15, -0.1) is 11.3 Å². The SMILES string of the molecule is O=C(NCCc1nc2ccccc2s1)c1cc(O)ccc1F. The van der Waals surface area contributed by atoms with E-state index in [0.717, 1.165) is 27.4 Å². The van der Waals surface area contributed by atoms with Gasteiger partial charge >= 0.3 is 0 Å². The van der Waals surface area contributed by atoms with E-state index in [4.69, 9.17) is 0 Å². The molecule has 4 nitrogen and oxygen atoms in total. The van der Waals surface area contributed by atoms with Crippen LogP contribution in [0.15, 0.2) is 42.5 Å². The number of aromatic nitrogens is 1. The molecular formula is C16H13FN2O2S. The van der Waals surface area contributed by atoms with Gasteiger partial charge in [0.2, 0.25) is 0 Å². The van der Waals surface area contributed by atoms with Crippen LogP contribution in [0.1, 0.15) is 15.4 Å². The zero-order valence-corrected chi connectivity index (χ0v) is 12.4. The van der Waals surface area contributed by atoms with Crippen molar-refractivity contribution in [3.63, 3.8) is 0 Å². The van der Waals surface area contributed by atoms with Crippen molar-refractivity contribution in [2.75, 3.05) is 6.54 Å². The van der Waals surface area contributed by atoms with E-state index in [1.807, 2.05) is 24.3 Å². The number of amides is 1. The number of benzene rings is 2. The molecule has 0 fully saturated rings. The summed E-state index contributed by atoms with van der Waals surface area (Å²) >= 11 is 1.57. The first-order valence-electron chi connectivity index (χ1n) is 6.74. The molecule has 0 aliphatic carbocycles. The number of phenols is 1. The molecule has 0 saturated heterocycles. The predicted octanol–water partition coefficient (Wildman–Crippen LogP) is 3.11. The Balaban J connectivity index is 1.62. The van der Waals surface area contributed by atoms with Crippen molar-refractivity contribution >= 4 is 27.5 Å². The summed E-state index contributed by atoms with van der Waals surface area (Å²) in [6, 6.07) is 11.2. The standard InChI is InChI=1S/C16H13FN2O2S/c17-12-6-5-10(20)9-11(12)16(21)18-8-7-15-19-13-3-1-2-4-14(13)22-15/h1-6,9,20H,7-8H2,(H,18,21). The van der Waals surface area contributed by atoms with Crippen molar-refractivity contribution in [2.24, 2.45) is 0 Å². The molecule has 0 atom stereocenters. The Kier molecular flexibility index (Phi) is 4.02. The van der Waals surface area contributed by atoms with E-state index in [9.17, 15) is 14.3 Å². The molecule has 3 aromatic rings. The van der Waals surface area contributed by atoms with Gasteiger partial charge in [0.15, 0.2) is 0 Å². The van der Waals surface area contributed by atoms with Gasteiger partial charge in [-0.2, -0.15) is 0 Å². The van der Waals surface area contributed by atoms with E-state index in [2.05, 4.69) is 10.3 Å². The number of phenolic OH excluding ortho intramolecular Hbond substituents is 1. The number of carbonyl (C=O) groups excluding carboxylic acids is 1. The lowest BCUT2D eigenvalue weighted by atomic mass is 10.2. The maximum Gasteiger partial charge on any atom is 0.254 e. The van der Waals surface area contributed by atoms with Crippen LogP contribution in [0.2, 0.25) is 0 Å². The number of hydrogen-bond donors (Lipinski definition) is 2. The molecule has 0 unspecified atom stereocenters. The fourth-order valence-corrected chi connectivity index (χ4v) is 3.06. The molecule has 1 heterocycles. The maximum atomic E-state index is 13.5. The van der Waals surface area contributed by atoms with E-state index in [1.54, 1.807) is 11.3 Å². The lowest BCUT2D eigenvalue weighted by Gasteiger charge is -2.05. The average Bonchev–Trinajstić information content (AvgIpc) is 2.92. The minimum atomic E-state index is -0.657. The van der Waals surface area contributed by atoms with Gasteiger partial charge in [0.25, 0.3) is 5.91 Å². The number of rotatable bonds is 4. The maximum absolute atomic E-state index is 13.5. The van der Waals surface area contributed by atoms with Crippen LogP contribution in [0, 0.1) is 5.82 Å². The van der Waals surface area contributed by atoms with Crippen LogP contribution < -0.4 is 5.32 Å². The number of hydrogen-bond acceptors (Lipinski definition) is 4. The Bertz CT molecular complexity index is 799. The molecule has 2 N–H and O–H groups in total. The first-order chi connectivity index (χ1) is 10.6. The first kappa shape index (κ1) is 14.5. The molecule has 22 heavy (non-hydrogen) atoms. The van der Waals surface area contributed by atoms with Gasteiger partial charge in [-0.25, -0.2) is 9.37 Å². The normalized spacial score (nSPS) is 10.8. The van der Waals surface area contributed by atoms with E-state index in [-0.39, 0.29) is 11.3 Å². The number of nitrogens with zero attached hydrogens (tertiary/aromatic N) is 1. The second-order valence-electron chi connectivity index (χ2n) is 4.75. The van der Waals surface area contributed by atoms with Gasteiger partial charge in [-0.05, 0) is 30.3 Å². The molecule has 112 valence electrons. The van der Waals surface area contributed by atoms with Crippen LogP contribution in [0.25, 0.3) is 10.2 Å². The van der Waals surface area contributed by atoms with Gasteiger partial charge in [-0.3, -0.25) is 4.79 Å². The van der Waals surface area contributed by atoms with E-state index < -0.39 is 11.7 Å². The summed E-state index contributed by atoms with van der Waals surface area (Å²) in [4.78, 5) is 16.4. The third-order valence-electron chi connectivity index (χ3n) is 3.16. The summed E-state index contributed by atoms with van der Waals surface area (Å²) in [7, 11) is 0. The fourth-order valence-electron chi connectivity index (χ4n) is 2.09. The molecule has 2 aromatic carbocycles. The van der Waals surface area contributed by atoms with E-state index >= 15 is 0 Å². The topological polar surface area (TPSA) is 62.2 Å². The van der Waals surface area contributed by atoms with Crippen molar-refractivity contribution in [3.05, 3.63) is 58.9 Å². The van der Waals surface area contributed by atoms with Crippen LogP contribution in [-0.2, 0) is 6.42 Å². The number of thiazole rings is 1. The van der Waals surface area contributed by atoms with Crippen LogP contribution in [0.4, 0.5) is 4.39 Å². The summed E-state index contributed by atoms with van der Waals surface area (Å²) in [6.07, 6.45) is 0.575. The number of halogens is 1. The molecular weight excluding hydrogens is 303 g/mol. The van der Waals surface area contributed by atoms with Gasteiger partial charge in [0.1, 0.15) is 11.6 Å². The smallest absolute Gasteiger partial charge is 0.254 e. The molecule has 6 heteroatoms. The molecule has 0 aliphatic rings. The quantitative estimate of drug-likeness (QED) is 0.777. The van der Waals surface area contributed by atoms with Crippen LogP contribution in [-0.4, -0.2) is 22.5 Å². The Morgan fingerprint density at radius 1 is 1.27 bits per heavy atom. The number of carbonyl (C=O) groups is 1. The Hall–Kier alpha value is -2.47. The monoisotopic (exact) mass is 316 g/mol. The number of nitrogens with one attached hydrogen (secondary N) is 1. The van der Waals surface area contributed by atoms with Crippen molar-refractivity contribution < 1.29 is 14.3 Å². The summed E-state index contributed by atoms with van der Waals surface area (Å²) < 4.78 is 14.6. The molecule has 3 rings (SSSR count). The molecule has 0 aliphatic heterocycles. The second kappa shape index (κ2) is 6.11.